The molecule has 3 N–H and O–H groups in total. The maximum Gasteiger partial charge on any atom is 0.264 e. The first-order chi connectivity index (χ1) is 23.7. The van der Waals surface area contributed by atoms with E-state index in [1.165, 1.54) is 14.2 Å². The number of rotatable bonds is 4. The third kappa shape index (κ3) is 7.82. The zero-order valence-electron chi connectivity index (χ0n) is 27.5. The minimum atomic E-state index is -1.25. The van der Waals surface area contributed by atoms with Crippen molar-refractivity contribution in [1.82, 2.24) is 20.9 Å². The Morgan fingerprint density at radius 3 is 2.35 bits per heavy atom. The van der Waals surface area contributed by atoms with Crippen LogP contribution >= 0.6 is 0 Å². The van der Waals surface area contributed by atoms with Crippen LogP contribution in [-0.2, 0) is 20.9 Å². The van der Waals surface area contributed by atoms with Crippen LogP contribution in [-0.4, -0.2) is 80.6 Å². The molecule has 3 aromatic carbocycles. The van der Waals surface area contributed by atoms with Gasteiger partial charge in [0, 0.05) is 68.6 Å². The third-order valence-electron chi connectivity index (χ3n) is 8.99. The Bertz CT molecular complexity index is 1700. The monoisotopic (exact) mass is 672 g/mol. The summed E-state index contributed by atoms with van der Waals surface area (Å²) in [6, 6.07) is 16.9. The van der Waals surface area contributed by atoms with Gasteiger partial charge in [-0.05, 0) is 61.0 Å². The van der Waals surface area contributed by atoms with Crippen molar-refractivity contribution in [2.45, 2.75) is 50.3 Å². The average Bonchev–Trinajstić information content (AvgIpc) is 3.53. The van der Waals surface area contributed by atoms with Crippen molar-refractivity contribution in [2.24, 2.45) is 0 Å². The molecule has 6 heterocycles. The van der Waals surface area contributed by atoms with Crippen molar-refractivity contribution in [3.63, 3.8) is 0 Å². The van der Waals surface area contributed by atoms with Crippen LogP contribution in [0.4, 0.5) is 0 Å². The molecule has 49 heavy (non-hydrogen) atoms. The average molecular weight is 673 g/mol. The van der Waals surface area contributed by atoms with E-state index < -0.39 is 5.60 Å². The summed E-state index contributed by atoms with van der Waals surface area (Å²) in [6.45, 7) is 1.25. The number of amides is 4. The van der Waals surface area contributed by atoms with E-state index >= 15 is 0 Å². The molecule has 0 radical (unpaired) electrons. The van der Waals surface area contributed by atoms with Crippen LogP contribution in [0.2, 0.25) is 0 Å². The normalized spacial score (nSPS) is 19.3. The predicted octanol–water partition coefficient (Wildman–Crippen LogP) is 3.34. The molecule has 0 unspecified atom stereocenters. The number of likely N-dealkylation sites (tertiary alicyclic amines) is 1. The molecule has 13 nitrogen and oxygen atoms in total. The smallest absolute Gasteiger partial charge is 0.264 e. The fraction of sp³-hybridized carbons (Fsp3) is 0.389. The van der Waals surface area contributed by atoms with Gasteiger partial charge < -0.3 is 44.5 Å². The molecule has 6 aliphatic heterocycles. The van der Waals surface area contributed by atoms with Crippen molar-refractivity contribution >= 4 is 23.6 Å². The highest BCUT2D eigenvalue weighted by atomic mass is 16.5. The highest BCUT2D eigenvalue weighted by Gasteiger charge is 2.45. The lowest BCUT2D eigenvalue weighted by Crippen LogP contribution is -2.58. The van der Waals surface area contributed by atoms with Gasteiger partial charge in [0.05, 0.1) is 20.8 Å². The fourth-order valence-corrected chi connectivity index (χ4v) is 6.22. The topological polar surface area (TPSA) is 154 Å². The van der Waals surface area contributed by atoms with E-state index in [4.69, 9.17) is 23.7 Å². The molecule has 9 rings (SSSR count). The van der Waals surface area contributed by atoms with Crippen LogP contribution in [0.1, 0.15) is 48.0 Å². The molecule has 6 bridgehead atoms. The highest BCUT2D eigenvalue weighted by molar-refractivity contribution is 5.95. The van der Waals surface area contributed by atoms with Crippen LogP contribution in [0.15, 0.2) is 60.7 Å². The molecular formula is C36H40N4O9. The molecule has 6 aliphatic rings. The quantitative estimate of drug-likeness (QED) is 0.379. The lowest BCUT2D eigenvalue weighted by atomic mass is 9.89. The van der Waals surface area contributed by atoms with Gasteiger partial charge in [0.15, 0.2) is 17.1 Å². The van der Waals surface area contributed by atoms with E-state index in [0.29, 0.717) is 71.6 Å². The number of piperidine rings is 1. The van der Waals surface area contributed by atoms with E-state index in [1.54, 1.807) is 65.6 Å². The number of ether oxygens (including phenoxy) is 5. The second-order valence-corrected chi connectivity index (χ2v) is 12.2. The summed E-state index contributed by atoms with van der Waals surface area (Å²) in [5, 5.41) is 8.74. The highest BCUT2D eigenvalue weighted by Crippen LogP contribution is 2.36. The van der Waals surface area contributed by atoms with Crippen molar-refractivity contribution in [3.05, 3.63) is 71.8 Å². The predicted molar refractivity (Wildman–Crippen MR) is 177 cm³/mol. The second kappa shape index (κ2) is 14.8. The fourth-order valence-electron chi connectivity index (χ4n) is 6.22. The van der Waals surface area contributed by atoms with Crippen LogP contribution in [0.3, 0.4) is 0 Å². The minimum absolute atomic E-state index is 0.0355. The molecule has 0 saturated carbocycles. The molecule has 258 valence electrons. The molecule has 3 aromatic rings. The first-order valence-corrected chi connectivity index (χ1v) is 16.3. The van der Waals surface area contributed by atoms with E-state index in [-0.39, 0.29) is 68.6 Å². The molecule has 1 atom stereocenters. The summed E-state index contributed by atoms with van der Waals surface area (Å²) < 4.78 is 29.5. The SMILES string of the molecule is COc1cc2ccc1CNC(=O)C1(CCN(C(=O)C[C@@H]3CCC(=O)N3)CC1)Oc1ccc(cc1)OCCNC(=O)c1ccc(OC)c(c1)O2. The molecule has 2 saturated heterocycles. The lowest BCUT2D eigenvalue weighted by Gasteiger charge is -2.41. The van der Waals surface area contributed by atoms with Gasteiger partial charge in [0.1, 0.15) is 29.6 Å². The Morgan fingerprint density at radius 2 is 1.63 bits per heavy atom. The second-order valence-electron chi connectivity index (χ2n) is 12.2. The largest absolute Gasteiger partial charge is 0.496 e. The van der Waals surface area contributed by atoms with Crippen LogP contribution in [0.25, 0.3) is 0 Å². The van der Waals surface area contributed by atoms with Gasteiger partial charge in [0.2, 0.25) is 11.8 Å². The zero-order valence-corrected chi connectivity index (χ0v) is 27.5. The molecule has 4 amide bonds. The number of methoxy groups -OCH3 is 2. The Labute approximate surface area is 284 Å². The molecule has 2 fully saturated rings. The van der Waals surface area contributed by atoms with E-state index in [2.05, 4.69) is 16.0 Å². The number of nitrogens with one attached hydrogen (secondary N) is 3. The summed E-state index contributed by atoms with van der Waals surface area (Å²) in [4.78, 5) is 53.4. The van der Waals surface area contributed by atoms with Crippen molar-refractivity contribution in [2.75, 3.05) is 40.5 Å². The summed E-state index contributed by atoms with van der Waals surface area (Å²) >= 11 is 0. The molecular weight excluding hydrogens is 632 g/mol. The van der Waals surface area contributed by atoms with Crippen LogP contribution < -0.4 is 39.6 Å². The molecule has 13 heteroatoms. The molecule has 0 aliphatic carbocycles. The standard InChI is InChI=1S/C36H40N4O9/c1-45-29-11-4-23-19-31(29)48-28-6-3-24(30(21-28)46-2)22-38-35(44)36(49-27-9-7-26(8-10-27)47-18-15-37-34(23)43)13-16-40(17-14-36)33(42)20-25-5-12-32(41)39-25/h3-4,6-11,19,21,25H,5,12-18,20,22H2,1-2H3,(H,37,43)(H,38,44)(H,39,41)/t25-/m0/s1. The number of carbonyl (C=O) groups excluding carboxylic acids is 4. The molecule has 1 spiro atoms. The summed E-state index contributed by atoms with van der Waals surface area (Å²) in [5.74, 6) is 2.04. The maximum absolute atomic E-state index is 14.0. The van der Waals surface area contributed by atoms with E-state index in [0.717, 1.165) is 0 Å². The number of hydrogen-bond acceptors (Lipinski definition) is 9. The Morgan fingerprint density at radius 1 is 0.898 bits per heavy atom. The van der Waals surface area contributed by atoms with Crippen molar-refractivity contribution in [3.8, 4) is 34.5 Å². The van der Waals surface area contributed by atoms with E-state index in [9.17, 15) is 19.2 Å². The number of nitrogens with zero attached hydrogens (tertiary/aromatic N) is 1. The maximum atomic E-state index is 14.0. The zero-order chi connectivity index (χ0) is 34.4. The lowest BCUT2D eigenvalue weighted by molar-refractivity contribution is -0.146. The first-order valence-electron chi connectivity index (χ1n) is 16.3. The number of carbonyl (C=O) groups is 4. The molecule has 0 aromatic heterocycles. The summed E-state index contributed by atoms with van der Waals surface area (Å²) in [6.07, 6.45) is 1.84. The van der Waals surface area contributed by atoms with Gasteiger partial charge in [-0.2, -0.15) is 0 Å². The van der Waals surface area contributed by atoms with Gasteiger partial charge in [-0.25, -0.2) is 0 Å². The van der Waals surface area contributed by atoms with Crippen molar-refractivity contribution < 1.29 is 42.9 Å². The summed E-state index contributed by atoms with van der Waals surface area (Å²) in [5.41, 5.74) is -0.162. The van der Waals surface area contributed by atoms with Gasteiger partial charge in [-0.3, -0.25) is 19.2 Å². The number of benzene rings is 3. The van der Waals surface area contributed by atoms with Crippen LogP contribution in [0.5, 0.6) is 34.5 Å². The minimum Gasteiger partial charge on any atom is -0.496 e. The summed E-state index contributed by atoms with van der Waals surface area (Å²) in [7, 11) is 3.05. The third-order valence-corrected chi connectivity index (χ3v) is 8.99. The Balaban J connectivity index is 1.24. The van der Waals surface area contributed by atoms with Gasteiger partial charge in [-0.1, -0.05) is 0 Å². The Hall–Kier alpha value is -5.46. The number of hydrogen-bond donors (Lipinski definition) is 3. The first kappa shape index (κ1) is 33.4. The Kier molecular flexibility index (Phi) is 10.1. The van der Waals surface area contributed by atoms with Gasteiger partial charge >= 0.3 is 0 Å². The van der Waals surface area contributed by atoms with Gasteiger partial charge in [-0.15, -0.1) is 0 Å². The van der Waals surface area contributed by atoms with Gasteiger partial charge in [0.25, 0.3) is 11.8 Å². The van der Waals surface area contributed by atoms with Crippen molar-refractivity contribution in [1.29, 1.82) is 0 Å². The van der Waals surface area contributed by atoms with E-state index in [1.807, 2.05) is 0 Å². The van der Waals surface area contributed by atoms with Crippen LogP contribution in [0, 0.1) is 0 Å².